The standard InChI is InChI=1S/C19H19F3N4O4/c1-12(27)25-15-4-2-3-13(9-15)11-24-18(28)7-8-23-16-6-5-14(19(20,21)22)10-17(16)26(29)30/h2-6,9-10,23H,7-8,11H2,1H3,(H,24,28)(H,25,27). The van der Waals surface area contributed by atoms with Gasteiger partial charge in [-0.1, -0.05) is 12.1 Å². The van der Waals surface area contributed by atoms with E-state index in [1.54, 1.807) is 24.3 Å². The average Bonchev–Trinajstić information content (AvgIpc) is 2.65. The van der Waals surface area contributed by atoms with Crippen molar-refractivity contribution >= 4 is 28.9 Å². The first-order valence-electron chi connectivity index (χ1n) is 8.79. The van der Waals surface area contributed by atoms with Crippen molar-refractivity contribution in [2.45, 2.75) is 26.1 Å². The number of nitro groups is 1. The minimum Gasteiger partial charge on any atom is -0.379 e. The lowest BCUT2D eigenvalue weighted by Gasteiger charge is -2.11. The molecule has 0 saturated carbocycles. The van der Waals surface area contributed by atoms with Gasteiger partial charge in [-0.3, -0.25) is 19.7 Å². The van der Waals surface area contributed by atoms with Crippen molar-refractivity contribution in [2.75, 3.05) is 17.2 Å². The van der Waals surface area contributed by atoms with Gasteiger partial charge in [0.25, 0.3) is 5.69 Å². The number of halogens is 3. The van der Waals surface area contributed by atoms with E-state index in [1.807, 2.05) is 0 Å². The fourth-order valence-electron chi connectivity index (χ4n) is 2.57. The molecule has 0 radical (unpaired) electrons. The summed E-state index contributed by atoms with van der Waals surface area (Å²) in [4.78, 5) is 33.2. The van der Waals surface area contributed by atoms with Gasteiger partial charge in [0.05, 0.1) is 10.5 Å². The number of anilines is 2. The molecule has 0 bridgehead atoms. The smallest absolute Gasteiger partial charge is 0.379 e. The molecule has 0 atom stereocenters. The molecule has 30 heavy (non-hydrogen) atoms. The summed E-state index contributed by atoms with van der Waals surface area (Å²) >= 11 is 0. The zero-order valence-electron chi connectivity index (χ0n) is 15.9. The van der Waals surface area contributed by atoms with Crippen LogP contribution in [0.1, 0.15) is 24.5 Å². The van der Waals surface area contributed by atoms with E-state index in [4.69, 9.17) is 0 Å². The van der Waals surface area contributed by atoms with Crippen LogP contribution in [0.3, 0.4) is 0 Å². The largest absolute Gasteiger partial charge is 0.416 e. The fraction of sp³-hybridized carbons (Fsp3) is 0.263. The topological polar surface area (TPSA) is 113 Å². The van der Waals surface area contributed by atoms with Gasteiger partial charge in [-0.25, -0.2) is 0 Å². The molecule has 0 aliphatic rings. The second kappa shape index (κ2) is 9.72. The van der Waals surface area contributed by atoms with E-state index in [9.17, 15) is 32.9 Å². The average molecular weight is 424 g/mol. The molecule has 160 valence electrons. The van der Waals surface area contributed by atoms with Gasteiger partial charge in [0.1, 0.15) is 5.69 Å². The molecular formula is C19H19F3N4O4. The van der Waals surface area contributed by atoms with Gasteiger partial charge in [0.2, 0.25) is 11.8 Å². The first-order valence-corrected chi connectivity index (χ1v) is 8.79. The van der Waals surface area contributed by atoms with Gasteiger partial charge in [-0.05, 0) is 29.8 Å². The third-order valence-corrected chi connectivity index (χ3v) is 3.93. The van der Waals surface area contributed by atoms with E-state index in [0.29, 0.717) is 11.8 Å². The zero-order chi connectivity index (χ0) is 22.3. The second-order valence-corrected chi connectivity index (χ2v) is 6.32. The molecule has 0 spiro atoms. The highest BCUT2D eigenvalue weighted by molar-refractivity contribution is 5.88. The minimum atomic E-state index is -4.69. The summed E-state index contributed by atoms with van der Waals surface area (Å²) in [6, 6.07) is 9.03. The Labute approximate surface area is 169 Å². The van der Waals surface area contributed by atoms with E-state index < -0.39 is 22.4 Å². The highest BCUT2D eigenvalue weighted by Crippen LogP contribution is 2.34. The number of benzene rings is 2. The monoisotopic (exact) mass is 424 g/mol. The maximum Gasteiger partial charge on any atom is 0.416 e. The van der Waals surface area contributed by atoms with Gasteiger partial charge in [0.15, 0.2) is 0 Å². The van der Waals surface area contributed by atoms with Crippen LogP contribution in [0.2, 0.25) is 0 Å². The Balaban J connectivity index is 1.89. The molecule has 2 rings (SSSR count). The molecule has 2 aromatic rings. The third kappa shape index (κ3) is 6.76. The van der Waals surface area contributed by atoms with Crippen LogP contribution in [-0.4, -0.2) is 23.3 Å². The number of amides is 2. The van der Waals surface area contributed by atoms with Crippen molar-refractivity contribution in [3.8, 4) is 0 Å². The van der Waals surface area contributed by atoms with Crippen LogP contribution in [0.5, 0.6) is 0 Å². The molecule has 0 unspecified atom stereocenters. The van der Waals surface area contributed by atoms with Gasteiger partial charge in [0, 0.05) is 38.2 Å². The molecule has 0 aliphatic carbocycles. The van der Waals surface area contributed by atoms with E-state index in [0.717, 1.165) is 17.7 Å². The number of hydrogen-bond acceptors (Lipinski definition) is 5. The molecule has 8 nitrogen and oxygen atoms in total. The Bertz CT molecular complexity index is 948. The number of carbonyl (C=O) groups is 2. The highest BCUT2D eigenvalue weighted by Gasteiger charge is 2.33. The maximum atomic E-state index is 12.7. The Kier molecular flexibility index (Phi) is 7.34. The molecule has 0 heterocycles. The number of rotatable bonds is 8. The number of alkyl halides is 3. The summed E-state index contributed by atoms with van der Waals surface area (Å²) in [6.45, 7) is 1.57. The third-order valence-electron chi connectivity index (χ3n) is 3.93. The van der Waals surface area contributed by atoms with Gasteiger partial charge in [-0.2, -0.15) is 13.2 Å². The van der Waals surface area contributed by atoms with Crippen molar-refractivity contribution < 1.29 is 27.7 Å². The fourth-order valence-corrected chi connectivity index (χ4v) is 2.57. The van der Waals surface area contributed by atoms with Crippen LogP contribution in [0.4, 0.5) is 30.2 Å². The van der Waals surface area contributed by atoms with Crippen LogP contribution in [0.15, 0.2) is 42.5 Å². The molecule has 0 saturated heterocycles. The lowest BCUT2D eigenvalue weighted by atomic mass is 10.1. The van der Waals surface area contributed by atoms with E-state index in [2.05, 4.69) is 16.0 Å². The minimum absolute atomic E-state index is 0.00995. The van der Waals surface area contributed by atoms with Crippen LogP contribution in [0.25, 0.3) is 0 Å². The molecule has 11 heteroatoms. The molecular weight excluding hydrogens is 405 g/mol. The van der Waals surface area contributed by atoms with Crippen LogP contribution >= 0.6 is 0 Å². The first kappa shape index (κ1) is 22.7. The molecule has 0 fully saturated rings. The van der Waals surface area contributed by atoms with Crippen LogP contribution in [-0.2, 0) is 22.3 Å². The SMILES string of the molecule is CC(=O)Nc1cccc(CNC(=O)CCNc2ccc(C(F)(F)F)cc2[N+](=O)[O-])c1. The number of carbonyl (C=O) groups excluding carboxylic acids is 2. The first-order chi connectivity index (χ1) is 14.1. The Morgan fingerprint density at radius 3 is 2.50 bits per heavy atom. The number of nitrogens with zero attached hydrogens (tertiary/aromatic N) is 1. The molecule has 0 aliphatic heterocycles. The second-order valence-electron chi connectivity index (χ2n) is 6.32. The van der Waals surface area contributed by atoms with Crippen molar-refractivity contribution in [2.24, 2.45) is 0 Å². The summed E-state index contributed by atoms with van der Waals surface area (Å²) in [5.74, 6) is -0.582. The summed E-state index contributed by atoms with van der Waals surface area (Å²) in [7, 11) is 0. The molecule has 2 amide bonds. The lowest BCUT2D eigenvalue weighted by Crippen LogP contribution is -2.25. The molecule has 0 aromatic heterocycles. The van der Waals surface area contributed by atoms with Gasteiger partial charge < -0.3 is 16.0 Å². The lowest BCUT2D eigenvalue weighted by molar-refractivity contribution is -0.384. The maximum absolute atomic E-state index is 12.7. The quantitative estimate of drug-likeness (QED) is 0.442. The number of nitro benzene ring substituents is 1. The van der Waals surface area contributed by atoms with Crippen LogP contribution in [0, 0.1) is 10.1 Å². The van der Waals surface area contributed by atoms with Gasteiger partial charge in [-0.15, -0.1) is 0 Å². The van der Waals surface area contributed by atoms with Crippen molar-refractivity contribution in [3.63, 3.8) is 0 Å². The summed E-state index contributed by atoms with van der Waals surface area (Å²) in [5, 5.41) is 18.9. The predicted octanol–water partition coefficient (Wildman–Crippen LogP) is 3.69. The van der Waals surface area contributed by atoms with Crippen molar-refractivity contribution in [1.29, 1.82) is 0 Å². The summed E-state index contributed by atoms with van der Waals surface area (Å²) < 4.78 is 38.1. The zero-order valence-corrected chi connectivity index (χ0v) is 15.9. The summed E-state index contributed by atoms with van der Waals surface area (Å²) in [5.41, 5.74) is -0.616. The predicted molar refractivity (Wildman–Crippen MR) is 104 cm³/mol. The van der Waals surface area contributed by atoms with E-state index >= 15 is 0 Å². The normalized spacial score (nSPS) is 10.9. The molecule has 2 aromatic carbocycles. The van der Waals surface area contributed by atoms with Crippen molar-refractivity contribution in [3.05, 3.63) is 63.7 Å². The van der Waals surface area contributed by atoms with E-state index in [-0.39, 0.29) is 37.0 Å². The Morgan fingerprint density at radius 2 is 1.87 bits per heavy atom. The van der Waals surface area contributed by atoms with Crippen molar-refractivity contribution in [1.82, 2.24) is 5.32 Å². The molecule has 3 N–H and O–H groups in total. The van der Waals surface area contributed by atoms with Crippen LogP contribution < -0.4 is 16.0 Å². The Hall–Kier alpha value is -3.63. The van der Waals surface area contributed by atoms with Gasteiger partial charge >= 0.3 is 6.18 Å². The number of nitrogens with one attached hydrogen (secondary N) is 3. The summed E-state index contributed by atoms with van der Waals surface area (Å²) in [6.07, 6.45) is -4.75. The highest BCUT2D eigenvalue weighted by atomic mass is 19.4. The van der Waals surface area contributed by atoms with E-state index in [1.165, 1.54) is 6.92 Å². The number of hydrogen-bond donors (Lipinski definition) is 3. The Morgan fingerprint density at radius 1 is 1.13 bits per heavy atom.